The Kier molecular flexibility index (Phi) is 2.58. The fourth-order valence-electron chi connectivity index (χ4n) is 2.03. The molecule has 4 nitrogen and oxygen atoms in total. The Morgan fingerprint density at radius 1 is 1.39 bits per heavy atom. The van der Waals surface area contributed by atoms with E-state index in [2.05, 4.69) is 25.8 Å². The van der Waals surface area contributed by atoms with Crippen molar-refractivity contribution in [3.63, 3.8) is 0 Å². The second kappa shape index (κ2) is 4.24. The van der Waals surface area contributed by atoms with Gasteiger partial charge in [0.25, 0.3) is 0 Å². The number of fused-ring (bicyclic) bond motifs is 1. The molecular formula is C13H10N4S. The third-order valence-corrected chi connectivity index (χ3v) is 3.71. The van der Waals surface area contributed by atoms with Crippen molar-refractivity contribution in [2.24, 2.45) is 0 Å². The predicted molar refractivity (Wildman–Crippen MR) is 70.4 cm³/mol. The fourth-order valence-corrected chi connectivity index (χ4v) is 2.99. The van der Waals surface area contributed by atoms with Crippen molar-refractivity contribution in [2.45, 2.75) is 13.3 Å². The van der Waals surface area contributed by atoms with Gasteiger partial charge in [0.15, 0.2) is 4.96 Å². The van der Waals surface area contributed by atoms with Crippen LogP contribution in [0.25, 0.3) is 16.2 Å². The normalized spacial score (nSPS) is 10.7. The Labute approximate surface area is 108 Å². The summed E-state index contributed by atoms with van der Waals surface area (Å²) in [6.07, 6.45) is 3.92. The van der Waals surface area contributed by atoms with E-state index in [0.29, 0.717) is 6.42 Å². The molecule has 5 heteroatoms. The summed E-state index contributed by atoms with van der Waals surface area (Å²) in [5.41, 5.74) is 4.07. The summed E-state index contributed by atoms with van der Waals surface area (Å²) in [6, 6.07) is 6.13. The van der Waals surface area contributed by atoms with Crippen LogP contribution in [0.4, 0.5) is 0 Å². The molecule has 3 rings (SSSR count). The van der Waals surface area contributed by atoms with Gasteiger partial charge in [-0.2, -0.15) is 5.26 Å². The molecule has 3 aromatic heterocycles. The lowest BCUT2D eigenvalue weighted by Gasteiger charge is -2.02. The van der Waals surface area contributed by atoms with Gasteiger partial charge in [0.1, 0.15) is 0 Å². The first-order valence-corrected chi connectivity index (χ1v) is 6.42. The Morgan fingerprint density at radius 3 is 2.89 bits per heavy atom. The van der Waals surface area contributed by atoms with Gasteiger partial charge in [0, 0.05) is 23.3 Å². The lowest BCUT2D eigenvalue weighted by Crippen LogP contribution is -1.94. The lowest BCUT2D eigenvalue weighted by atomic mass is 10.2. The maximum atomic E-state index is 8.92. The minimum Gasteiger partial charge on any atom is -0.286 e. The standard InChI is InChI=1S/C13H10N4S/c1-9-11(2-5-14)17-12(8-18-13(17)16-9)10-3-6-15-7-4-10/h3-4,6-8H,2H2,1H3. The van der Waals surface area contributed by atoms with E-state index in [9.17, 15) is 0 Å². The largest absolute Gasteiger partial charge is 0.286 e. The lowest BCUT2D eigenvalue weighted by molar-refractivity contribution is 1.05. The molecule has 0 fully saturated rings. The van der Waals surface area contributed by atoms with Crippen LogP contribution in [-0.2, 0) is 6.42 Å². The van der Waals surface area contributed by atoms with E-state index in [1.54, 1.807) is 23.7 Å². The molecule has 0 saturated carbocycles. The van der Waals surface area contributed by atoms with Gasteiger partial charge in [0.05, 0.1) is 29.6 Å². The molecule has 0 aliphatic rings. The summed E-state index contributed by atoms with van der Waals surface area (Å²) in [4.78, 5) is 9.45. The van der Waals surface area contributed by atoms with Crippen LogP contribution in [0, 0.1) is 18.3 Å². The summed E-state index contributed by atoms with van der Waals surface area (Å²) < 4.78 is 2.07. The Morgan fingerprint density at radius 2 is 2.17 bits per heavy atom. The second-order valence-corrected chi connectivity index (χ2v) is 4.79. The van der Waals surface area contributed by atoms with Crippen LogP contribution in [0.1, 0.15) is 11.4 Å². The van der Waals surface area contributed by atoms with E-state index >= 15 is 0 Å². The first-order valence-electron chi connectivity index (χ1n) is 5.54. The third kappa shape index (κ3) is 1.59. The molecule has 0 aromatic carbocycles. The van der Waals surface area contributed by atoms with E-state index < -0.39 is 0 Å². The van der Waals surface area contributed by atoms with Gasteiger partial charge in [0.2, 0.25) is 0 Å². The topological polar surface area (TPSA) is 54.0 Å². The molecule has 0 spiro atoms. The molecule has 0 aliphatic carbocycles. The SMILES string of the molecule is Cc1nc2scc(-c3ccncc3)n2c1CC#N. The molecule has 0 aliphatic heterocycles. The average Bonchev–Trinajstić information content (AvgIpc) is 2.92. The van der Waals surface area contributed by atoms with E-state index in [1.165, 1.54) is 0 Å². The van der Waals surface area contributed by atoms with Crippen molar-refractivity contribution in [1.29, 1.82) is 5.26 Å². The number of pyridine rings is 1. The first-order chi connectivity index (χ1) is 8.81. The molecule has 18 heavy (non-hydrogen) atoms. The Bertz CT molecular complexity index is 734. The number of imidazole rings is 1. The van der Waals surface area contributed by atoms with Crippen LogP contribution in [0.15, 0.2) is 29.9 Å². The number of rotatable bonds is 2. The summed E-state index contributed by atoms with van der Waals surface area (Å²) in [6.45, 7) is 1.95. The fraction of sp³-hybridized carbons (Fsp3) is 0.154. The summed E-state index contributed by atoms with van der Waals surface area (Å²) in [5.74, 6) is 0. The van der Waals surface area contributed by atoms with Gasteiger partial charge in [-0.05, 0) is 19.1 Å². The van der Waals surface area contributed by atoms with Gasteiger partial charge in [-0.3, -0.25) is 9.38 Å². The molecule has 0 unspecified atom stereocenters. The Balaban J connectivity index is 2.28. The molecule has 88 valence electrons. The van der Waals surface area contributed by atoms with Crippen LogP contribution >= 0.6 is 11.3 Å². The summed E-state index contributed by atoms with van der Waals surface area (Å²) >= 11 is 1.59. The maximum absolute atomic E-state index is 8.92. The number of nitrogens with zero attached hydrogens (tertiary/aromatic N) is 4. The van der Waals surface area contributed by atoms with Gasteiger partial charge < -0.3 is 0 Å². The first kappa shape index (κ1) is 10.9. The van der Waals surface area contributed by atoms with Gasteiger partial charge in [-0.25, -0.2) is 4.98 Å². The molecule has 0 radical (unpaired) electrons. The van der Waals surface area contributed by atoms with Gasteiger partial charge in [-0.15, -0.1) is 11.3 Å². The van der Waals surface area contributed by atoms with Crippen LogP contribution in [0.3, 0.4) is 0 Å². The molecule has 0 atom stereocenters. The second-order valence-electron chi connectivity index (χ2n) is 3.95. The van der Waals surface area contributed by atoms with Crippen molar-refractivity contribution in [2.75, 3.05) is 0 Å². The van der Waals surface area contributed by atoms with Crippen molar-refractivity contribution >= 4 is 16.3 Å². The predicted octanol–water partition coefficient (Wildman–Crippen LogP) is 2.83. The van der Waals surface area contributed by atoms with Gasteiger partial charge >= 0.3 is 0 Å². The van der Waals surface area contributed by atoms with E-state index in [4.69, 9.17) is 5.26 Å². The summed E-state index contributed by atoms with van der Waals surface area (Å²) in [7, 11) is 0. The van der Waals surface area contributed by atoms with E-state index in [1.807, 2.05) is 19.1 Å². The van der Waals surface area contributed by atoms with Crippen LogP contribution in [-0.4, -0.2) is 14.4 Å². The highest BCUT2D eigenvalue weighted by molar-refractivity contribution is 7.15. The van der Waals surface area contributed by atoms with Crippen LogP contribution < -0.4 is 0 Å². The van der Waals surface area contributed by atoms with Crippen molar-refractivity contribution < 1.29 is 0 Å². The molecule has 0 bridgehead atoms. The van der Waals surface area contributed by atoms with Gasteiger partial charge in [-0.1, -0.05) is 0 Å². The molecule has 0 saturated heterocycles. The zero-order valence-electron chi connectivity index (χ0n) is 9.79. The minimum absolute atomic E-state index is 0.377. The summed E-state index contributed by atoms with van der Waals surface area (Å²) in [5, 5.41) is 11.0. The number of aryl methyl sites for hydroxylation is 1. The molecule has 0 N–H and O–H groups in total. The van der Waals surface area contributed by atoms with Crippen molar-refractivity contribution in [3.8, 4) is 17.3 Å². The monoisotopic (exact) mass is 254 g/mol. The highest BCUT2D eigenvalue weighted by Crippen LogP contribution is 2.28. The number of aromatic nitrogens is 3. The van der Waals surface area contributed by atoms with Crippen molar-refractivity contribution in [1.82, 2.24) is 14.4 Å². The number of hydrogen-bond donors (Lipinski definition) is 0. The molecule has 3 aromatic rings. The number of hydrogen-bond acceptors (Lipinski definition) is 4. The molecule has 3 heterocycles. The highest BCUT2D eigenvalue weighted by Gasteiger charge is 2.14. The van der Waals surface area contributed by atoms with Crippen LogP contribution in [0.5, 0.6) is 0 Å². The molecule has 0 amide bonds. The number of thiazole rings is 1. The zero-order valence-corrected chi connectivity index (χ0v) is 10.6. The zero-order chi connectivity index (χ0) is 12.5. The smallest absolute Gasteiger partial charge is 0.194 e. The average molecular weight is 254 g/mol. The minimum atomic E-state index is 0.377. The third-order valence-electron chi connectivity index (χ3n) is 2.88. The van der Waals surface area contributed by atoms with E-state index in [-0.39, 0.29) is 0 Å². The number of nitriles is 1. The van der Waals surface area contributed by atoms with Crippen molar-refractivity contribution in [3.05, 3.63) is 41.3 Å². The Hall–Kier alpha value is -2.19. The maximum Gasteiger partial charge on any atom is 0.194 e. The van der Waals surface area contributed by atoms with E-state index in [0.717, 1.165) is 27.6 Å². The highest BCUT2D eigenvalue weighted by atomic mass is 32.1. The quantitative estimate of drug-likeness (QED) is 0.706. The van der Waals surface area contributed by atoms with Crippen LogP contribution in [0.2, 0.25) is 0 Å². The molecular weight excluding hydrogens is 244 g/mol.